The number of rotatable bonds is 14. The van der Waals surface area contributed by atoms with Gasteiger partial charge in [0, 0.05) is 24.7 Å². The minimum Gasteiger partial charge on any atom is -0.488 e. The van der Waals surface area contributed by atoms with Gasteiger partial charge in [-0.3, -0.25) is 0 Å². The Bertz CT molecular complexity index is 969. The predicted octanol–water partition coefficient (Wildman–Crippen LogP) is 6.75. The number of pyridine rings is 1. The fraction of sp³-hybridized carbons (Fsp3) is 0.393. The molecule has 2 aromatic carbocycles. The molecule has 0 unspecified atom stereocenters. The van der Waals surface area contributed by atoms with Crippen LogP contribution in [0.3, 0.4) is 0 Å². The lowest BCUT2D eigenvalue weighted by Gasteiger charge is -2.14. The molecule has 4 nitrogen and oxygen atoms in total. The van der Waals surface area contributed by atoms with Crippen LogP contribution in [0.4, 0.5) is 0 Å². The summed E-state index contributed by atoms with van der Waals surface area (Å²) in [6.07, 6.45) is 10.1. The molecule has 0 aliphatic heterocycles. The van der Waals surface area contributed by atoms with Crippen molar-refractivity contribution in [2.75, 3.05) is 26.9 Å². The number of hydrogen-bond acceptors (Lipinski definition) is 4. The first-order valence-corrected chi connectivity index (χ1v) is 11.6. The fourth-order valence-corrected chi connectivity index (χ4v) is 3.63. The summed E-state index contributed by atoms with van der Waals surface area (Å²) < 4.78 is 16.8. The monoisotopic (exact) mass is 433 g/mol. The molecule has 0 fully saturated rings. The first-order valence-electron chi connectivity index (χ1n) is 11.6. The van der Waals surface area contributed by atoms with Crippen LogP contribution >= 0.6 is 0 Å². The lowest BCUT2D eigenvalue weighted by atomic mass is 10.1. The Morgan fingerprint density at radius 2 is 1.62 bits per heavy atom. The first-order chi connectivity index (χ1) is 15.8. The van der Waals surface area contributed by atoms with Crippen molar-refractivity contribution < 1.29 is 14.2 Å². The van der Waals surface area contributed by atoms with Crippen LogP contribution in [0.15, 0.2) is 60.7 Å². The summed E-state index contributed by atoms with van der Waals surface area (Å²) in [5.41, 5.74) is 4.20. The maximum atomic E-state index is 6.29. The molecule has 0 atom stereocenters. The number of allylic oxidation sites excluding steroid dienone is 1. The average Bonchev–Trinajstić information content (AvgIpc) is 2.83. The number of ether oxygens (including phenoxy) is 3. The van der Waals surface area contributed by atoms with E-state index in [1.807, 2.05) is 30.3 Å². The van der Waals surface area contributed by atoms with Gasteiger partial charge < -0.3 is 14.2 Å². The third-order valence-electron chi connectivity index (χ3n) is 5.46. The number of unbranched alkanes of at least 4 members (excludes halogenated alkanes) is 4. The van der Waals surface area contributed by atoms with Gasteiger partial charge in [0.25, 0.3) is 0 Å². The first kappa shape index (κ1) is 24.0. The molecule has 0 bridgehead atoms. The Morgan fingerprint density at radius 3 is 2.47 bits per heavy atom. The summed E-state index contributed by atoms with van der Waals surface area (Å²) in [6.45, 7) is 4.84. The van der Waals surface area contributed by atoms with Crippen molar-refractivity contribution in [1.29, 1.82) is 0 Å². The number of aromatic nitrogens is 1. The zero-order valence-corrected chi connectivity index (χ0v) is 19.4. The summed E-state index contributed by atoms with van der Waals surface area (Å²) in [5, 5.41) is 1.06. The highest BCUT2D eigenvalue weighted by Crippen LogP contribution is 2.31. The molecule has 1 aromatic heterocycles. The summed E-state index contributed by atoms with van der Waals surface area (Å²) in [5.74, 6) is 0.924. The molecular weight excluding hydrogens is 398 g/mol. The van der Waals surface area contributed by atoms with Crippen LogP contribution in [0.5, 0.6) is 5.75 Å². The molecule has 0 saturated heterocycles. The molecule has 3 aromatic rings. The summed E-state index contributed by atoms with van der Waals surface area (Å²) >= 11 is 0. The highest BCUT2D eigenvalue weighted by atomic mass is 16.5. The second-order valence-corrected chi connectivity index (χ2v) is 7.95. The Balaban J connectivity index is 1.55. The van der Waals surface area contributed by atoms with Crippen LogP contribution < -0.4 is 4.74 Å². The Kier molecular flexibility index (Phi) is 10.2. The number of nitrogens with zero attached hydrogens (tertiary/aromatic N) is 1. The second-order valence-electron chi connectivity index (χ2n) is 7.95. The van der Waals surface area contributed by atoms with Gasteiger partial charge in [0.2, 0.25) is 0 Å². The SMILES string of the molecule is COCCOCCCCCC/C=C/c1nc2ccccc2c(OCc2ccccc2)c1C. The molecule has 4 heteroatoms. The zero-order valence-electron chi connectivity index (χ0n) is 19.4. The van der Waals surface area contributed by atoms with Crippen LogP contribution in [-0.4, -0.2) is 31.9 Å². The average molecular weight is 434 g/mol. The molecule has 0 aliphatic carbocycles. The maximum absolute atomic E-state index is 6.29. The molecule has 3 rings (SSSR count). The van der Waals surface area contributed by atoms with Gasteiger partial charge >= 0.3 is 0 Å². The van der Waals surface area contributed by atoms with Crippen LogP contribution in [0.2, 0.25) is 0 Å². The Morgan fingerprint density at radius 1 is 0.844 bits per heavy atom. The summed E-state index contributed by atoms with van der Waals surface area (Å²) in [6, 6.07) is 18.5. The Hall–Kier alpha value is -2.69. The van der Waals surface area contributed by atoms with Crippen molar-refractivity contribution in [3.63, 3.8) is 0 Å². The fourth-order valence-electron chi connectivity index (χ4n) is 3.63. The predicted molar refractivity (Wildman–Crippen MR) is 132 cm³/mol. The van der Waals surface area contributed by atoms with E-state index in [9.17, 15) is 0 Å². The highest BCUT2D eigenvalue weighted by molar-refractivity contribution is 5.88. The molecular formula is C28H35NO3. The normalized spacial score (nSPS) is 11.4. The van der Waals surface area contributed by atoms with Gasteiger partial charge in [-0.1, -0.05) is 61.4 Å². The van der Waals surface area contributed by atoms with E-state index in [2.05, 4.69) is 43.3 Å². The van der Waals surface area contributed by atoms with Crippen molar-refractivity contribution in [3.8, 4) is 5.75 Å². The van der Waals surface area contributed by atoms with Gasteiger partial charge in [-0.2, -0.15) is 0 Å². The van der Waals surface area contributed by atoms with Crippen molar-refractivity contribution in [1.82, 2.24) is 4.98 Å². The molecule has 0 radical (unpaired) electrons. The molecule has 170 valence electrons. The molecule has 0 N–H and O–H groups in total. The van der Waals surface area contributed by atoms with Crippen LogP contribution in [0, 0.1) is 6.92 Å². The van der Waals surface area contributed by atoms with Gasteiger partial charge in [-0.15, -0.1) is 0 Å². The minimum atomic E-state index is 0.550. The smallest absolute Gasteiger partial charge is 0.134 e. The second kappa shape index (κ2) is 13.7. The van der Waals surface area contributed by atoms with E-state index < -0.39 is 0 Å². The number of para-hydroxylation sites is 1. The topological polar surface area (TPSA) is 40.6 Å². The van der Waals surface area contributed by atoms with Crippen molar-refractivity contribution in [2.45, 2.75) is 45.6 Å². The number of fused-ring (bicyclic) bond motifs is 1. The van der Waals surface area contributed by atoms with Gasteiger partial charge in [0.15, 0.2) is 0 Å². The van der Waals surface area contributed by atoms with Crippen molar-refractivity contribution in [2.24, 2.45) is 0 Å². The van der Waals surface area contributed by atoms with Crippen molar-refractivity contribution in [3.05, 3.63) is 77.5 Å². The molecule has 0 spiro atoms. The Labute approximate surface area is 192 Å². The number of hydrogen-bond donors (Lipinski definition) is 0. The third-order valence-corrected chi connectivity index (χ3v) is 5.46. The highest BCUT2D eigenvalue weighted by Gasteiger charge is 2.11. The molecule has 0 amide bonds. The van der Waals surface area contributed by atoms with E-state index in [0.29, 0.717) is 19.8 Å². The molecule has 1 heterocycles. The van der Waals surface area contributed by atoms with Gasteiger partial charge in [0.1, 0.15) is 12.4 Å². The lowest BCUT2D eigenvalue weighted by Crippen LogP contribution is -2.02. The van der Waals surface area contributed by atoms with E-state index >= 15 is 0 Å². The standard InChI is InChI=1S/C28H35NO3/c1-23-26(17-10-5-3-4-6-13-19-31-21-20-30-2)29-27-18-12-11-16-25(27)28(23)32-22-24-14-8-7-9-15-24/h7-12,14-18H,3-6,13,19-22H2,1-2H3/b17-10+. The van der Waals surface area contributed by atoms with E-state index in [0.717, 1.165) is 52.9 Å². The molecule has 32 heavy (non-hydrogen) atoms. The van der Waals surface area contributed by atoms with Crippen LogP contribution in [0.25, 0.3) is 17.0 Å². The van der Waals surface area contributed by atoms with E-state index in [-0.39, 0.29) is 0 Å². The molecule has 0 aliphatic rings. The number of benzene rings is 2. The summed E-state index contributed by atoms with van der Waals surface area (Å²) in [4.78, 5) is 4.88. The van der Waals surface area contributed by atoms with Crippen molar-refractivity contribution >= 4 is 17.0 Å². The van der Waals surface area contributed by atoms with Gasteiger partial charge in [0.05, 0.1) is 24.4 Å². The molecule has 0 saturated carbocycles. The van der Waals surface area contributed by atoms with E-state index in [1.165, 1.54) is 19.3 Å². The van der Waals surface area contributed by atoms with Gasteiger partial charge in [-0.05, 0) is 50.0 Å². The minimum absolute atomic E-state index is 0.550. The van der Waals surface area contributed by atoms with E-state index in [1.54, 1.807) is 7.11 Å². The quantitative estimate of drug-likeness (QED) is 0.264. The lowest BCUT2D eigenvalue weighted by molar-refractivity contribution is 0.0686. The largest absolute Gasteiger partial charge is 0.488 e. The third kappa shape index (κ3) is 7.47. The zero-order chi connectivity index (χ0) is 22.4. The van der Waals surface area contributed by atoms with E-state index in [4.69, 9.17) is 19.2 Å². The number of methoxy groups -OCH3 is 1. The summed E-state index contributed by atoms with van der Waals surface area (Å²) in [7, 11) is 1.70. The van der Waals surface area contributed by atoms with Crippen LogP contribution in [-0.2, 0) is 16.1 Å². The van der Waals surface area contributed by atoms with Crippen LogP contribution in [0.1, 0.15) is 48.9 Å². The van der Waals surface area contributed by atoms with Gasteiger partial charge in [-0.25, -0.2) is 4.98 Å². The maximum Gasteiger partial charge on any atom is 0.134 e.